The van der Waals surface area contributed by atoms with Crippen LogP contribution in [-0.2, 0) is 0 Å². The van der Waals surface area contributed by atoms with Gasteiger partial charge in [0.1, 0.15) is 11.6 Å². The SMILES string of the molecule is CSc1ncc2ccnc(OC3CCCC3O)c2n1. The summed E-state index contributed by atoms with van der Waals surface area (Å²) in [4.78, 5) is 12.9. The lowest BCUT2D eigenvalue weighted by molar-refractivity contribution is 0.0584. The van der Waals surface area contributed by atoms with Crippen molar-refractivity contribution in [1.82, 2.24) is 15.0 Å². The average molecular weight is 277 g/mol. The Bertz CT molecular complexity index is 593. The van der Waals surface area contributed by atoms with Crippen molar-refractivity contribution in [1.29, 1.82) is 0 Å². The maximum atomic E-state index is 9.83. The number of aliphatic hydroxyl groups is 1. The molecule has 2 aromatic rings. The zero-order valence-corrected chi connectivity index (χ0v) is 11.4. The van der Waals surface area contributed by atoms with Crippen molar-refractivity contribution in [3.63, 3.8) is 0 Å². The molecule has 2 heterocycles. The Kier molecular flexibility index (Phi) is 3.52. The lowest BCUT2D eigenvalue weighted by atomic mass is 10.2. The molecule has 5 nitrogen and oxygen atoms in total. The summed E-state index contributed by atoms with van der Waals surface area (Å²) in [5, 5.41) is 11.4. The van der Waals surface area contributed by atoms with Crippen LogP contribution in [0.5, 0.6) is 5.88 Å². The summed E-state index contributed by atoms with van der Waals surface area (Å²) in [6.07, 6.45) is 7.44. The first-order chi connectivity index (χ1) is 9.28. The van der Waals surface area contributed by atoms with E-state index >= 15 is 0 Å². The third-order valence-electron chi connectivity index (χ3n) is 3.31. The van der Waals surface area contributed by atoms with Crippen molar-refractivity contribution in [3.05, 3.63) is 18.5 Å². The summed E-state index contributed by atoms with van der Waals surface area (Å²) in [5.41, 5.74) is 0.709. The molecule has 0 bridgehead atoms. The Morgan fingerprint density at radius 1 is 1.37 bits per heavy atom. The average Bonchev–Trinajstić information content (AvgIpc) is 2.84. The molecule has 0 aliphatic heterocycles. The van der Waals surface area contributed by atoms with Gasteiger partial charge in [0.25, 0.3) is 0 Å². The topological polar surface area (TPSA) is 68.1 Å². The minimum atomic E-state index is -0.404. The third-order valence-corrected chi connectivity index (χ3v) is 3.87. The van der Waals surface area contributed by atoms with Gasteiger partial charge >= 0.3 is 0 Å². The molecule has 6 heteroatoms. The van der Waals surface area contributed by atoms with E-state index in [4.69, 9.17) is 4.74 Å². The van der Waals surface area contributed by atoms with Gasteiger partial charge in [0, 0.05) is 17.8 Å². The molecule has 2 aromatic heterocycles. The molecule has 1 saturated carbocycles. The summed E-state index contributed by atoms with van der Waals surface area (Å²) in [6.45, 7) is 0. The molecule has 3 rings (SSSR count). The molecular formula is C13H15N3O2S. The van der Waals surface area contributed by atoms with Gasteiger partial charge in [-0.1, -0.05) is 11.8 Å². The van der Waals surface area contributed by atoms with Crippen LogP contribution in [-0.4, -0.2) is 38.5 Å². The van der Waals surface area contributed by atoms with Crippen LogP contribution in [0, 0.1) is 0 Å². The van der Waals surface area contributed by atoms with Crippen LogP contribution < -0.4 is 4.74 Å². The van der Waals surface area contributed by atoms with Crippen LogP contribution in [0.15, 0.2) is 23.6 Å². The van der Waals surface area contributed by atoms with E-state index in [1.165, 1.54) is 11.8 Å². The molecule has 0 saturated heterocycles. The van der Waals surface area contributed by atoms with Crippen molar-refractivity contribution in [2.45, 2.75) is 36.6 Å². The van der Waals surface area contributed by atoms with E-state index in [9.17, 15) is 5.11 Å². The number of thioether (sulfide) groups is 1. The van der Waals surface area contributed by atoms with Gasteiger partial charge in [-0.25, -0.2) is 15.0 Å². The molecule has 2 atom stereocenters. The van der Waals surface area contributed by atoms with Gasteiger partial charge in [-0.05, 0) is 31.6 Å². The smallest absolute Gasteiger partial charge is 0.241 e. The van der Waals surface area contributed by atoms with Gasteiger partial charge < -0.3 is 9.84 Å². The fourth-order valence-corrected chi connectivity index (χ4v) is 2.63. The van der Waals surface area contributed by atoms with E-state index < -0.39 is 6.10 Å². The van der Waals surface area contributed by atoms with Crippen LogP contribution in [0.3, 0.4) is 0 Å². The Morgan fingerprint density at radius 2 is 2.26 bits per heavy atom. The first kappa shape index (κ1) is 12.6. The minimum Gasteiger partial charge on any atom is -0.470 e. The van der Waals surface area contributed by atoms with Gasteiger partial charge in [0.2, 0.25) is 5.88 Å². The van der Waals surface area contributed by atoms with E-state index in [2.05, 4.69) is 15.0 Å². The monoisotopic (exact) mass is 277 g/mol. The van der Waals surface area contributed by atoms with Gasteiger partial charge in [-0.2, -0.15) is 0 Å². The van der Waals surface area contributed by atoms with Crippen molar-refractivity contribution < 1.29 is 9.84 Å². The molecule has 1 aliphatic carbocycles. The van der Waals surface area contributed by atoms with Crippen molar-refractivity contribution in [2.24, 2.45) is 0 Å². The second-order valence-corrected chi connectivity index (χ2v) is 5.34. The summed E-state index contributed by atoms with van der Waals surface area (Å²) < 4.78 is 5.84. The summed E-state index contributed by atoms with van der Waals surface area (Å²) in [6, 6.07) is 1.86. The highest BCUT2D eigenvalue weighted by atomic mass is 32.2. The number of nitrogens with zero attached hydrogens (tertiary/aromatic N) is 3. The maximum absolute atomic E-state index is 9.83. The lowest BCUT2D eigenvalue weighted by Crippen LogP contribution is -2.26. The van der Waals surface area contributed by atoms with E-state index in [0.717, 1.165) is 24.6 Å². The molecule has 1 fully saturated rings. The predicted octanol–water partition coefficient (Wildman–Crippen LogP) is 2.04. The number of hydrogen-bond donors (Lipinski definition) is 1. The molecule has 0 aromatic carbocycles. The van der Waals surface area contributed by atoms with Crippen LogP contribution in [0.4, 0.5) is 0 Å². The minimum absolute atomic E-state index is 0.175. The first-order valence-electron chi connectivity index (χ1n) is 6.28. The Labute approximate surface area is 115 Å². The van der Waals surface area contributed by atoms with E-state index in [1.807, 2.05) is 12.3 Å². The first-order valence-corrected chi connectivity index (χ1v) is 7.51. The number of aliphatic hydroxyl groups excluding tert-OH is 1. The number of hydrogen-bond acceptors (Lipinski definition) is 6. The predicted molar refractivity (Wildman–Crippen MR) is 73.4 cm³/mol. The standard InChI is InChI=1S/C13H15N3O2S/c1-19-13-15-7-8-5-6-14-12(11(8)16-13)18-10-4-2-3-9(10)17/h5-7,9-10,17H,2-4H2,1H3. The molecule has 0 amide bonds. The summed E-state index contributed by atoms with van der Waals surface area (Å²) in [5.74, 6) is 0.487. The number of pyridine rings is 1. The van der Waals surface area contributed by atoms with E-state index in [1.54, 1.807) is 12.4 Å². The third kappa shape index (κ3) is 2.50. The highest BCUT2D eigenvalue weighted by Gasteiger charge is 2.28. The highest BCUT2D eigenvalue weighted by Crippen LogP contribution is 2.28. The Balaban J connectivity index is 1.97. The van der Waals surface area contributed by atoms with Crippen LogP contribution in [0.1, 0.15) is 19.3 Å². The summed E-state index contributed by atoms with van der Waals surface area (Å²) >= 11 is 1.48. The van der Waals surface area contributed by atoms with E-state index in [0.29, 0.717) is 16.6 Å². The molecule has 2 unspecified atom stereocenters. The van der Waals surface area contributed by atoms with Crippen molar-refractivity contribution in [2.75, 3.05) is 6.26 Å². The van der Waals surface area contributed by atoms with Gasteiger partial charge in [0.15, 0.2) is 5.16 Å². The fraction of sp³-hybridized carbons (Fsp3) is 0.462. The summed E-state index contributed by atoms with van der Waals surface area (Å²) in [7, 11) is 0. The zero-order valence-electron chi connectivity index (χ0n) is 10.6. The molecule has 19 heavy (non-hydrogen) atoms. The zero-order chi connectivity index (χ0) is 13.2. The molecule has 0 spiro atoms. The second kappa shape index (κ2) is 5.30. The number of ether oxygens (including phenoxy) is 1. The highest BCUT2D eigenvalue weighted by molar-refractivity contribution is 7.98. The molecule has 100 valence electrons. The van der Waals surface area contributed by atoms with Crippen LogP contribution in [0.2, 0.25) is 0 Å². The largest absolute Gasteiger partial charge is 0.470 e. The molecule has 1 N–H and O–H groups in total. The quantitative estimate of drug-likeness (QED) is 0.684. The van der Waals surface area contributed by atoms with Gasteiger partial charge in [0.05, 0.1) is 6.10 Å². The Morgan fingerprint density at radius 3 is 3.00 bits per heavy atom. The normalized spacial score (nSPS) is 22.8. The molecule has 0 radical (unpaired) electrons. The van der Waals surface area contributed by atoms with Crippen LogP contribution >= 0.6 is 11.8 Å². The maximum Gasteiger partial charge on any atom is 0.241 e. The number of rotatable bonds is 3. The van der Waals surface area contributed by atoms with Crippen LogP contribution in [0.25, 0.3) is 10.9 Å². The van der Waals surface area contributed by atoms with Crippen molar-refractivity contribution in [3.8, 4) is 5.88 Å². The second-order valence-electron chi connectivity index (χ2n) is 4.57. The molecule has 1 aliphatic rings. The number of aromatic nitrogens is 3. The Hall–Kier alpha value is -1.40. The number of fused-ring (bicyclic) bond motifs is 1. The van der Waals surface area contributed by atoms with E-state index in [-0.39, 0.29) is 6.10 Å². The fourth-order valence-electron chi connectivity index (χ4n) is 2.29. The molecular weight excluding hydrogens is 262 g/mol. The van der Waals surface area contributed by atoms with Gasteiger partial charge in [-0.3, -0.25) is 0 Å². The lowest BCUT2D eigenvalue weighted by Gasteiger charge is -2.16. The van der Waals surface area contributed by atoms with Gasteiger partial charge in [-0.15, -0.1) is 0 Å². The van der Waals surface area contributed by atoms with Crippen molar-refractivity contribution >= 4 is 22.7 Å².